The first-order valence-electron chi connectivity index (χ1n) is 8.42. The van der Waals surface area contributed by atoms with Gasteiger partial charge in [-0.3, -0.25) is 9.80 Å². The van der Waals surface area contributed by atoms with Gasteiger partial charge in [0.15, 0.2) is 6.29 Å². The van der Waals surface area contributed by atoms with Crippen LogP contribution in [0, 0.1) is 5.82 Å². The molecule has 0 fully saturated rings. The second kappa shape index (κ2) is 7.05. The summed E-state index contributed by atoms with van der Waals surface area (Å²) in [4.78, 5) is 11.2. The van der Waals surface area contributed by atoms with Gasteiger partial charge in [0.2, 0.25) is 0 Å². The molecule has 3 rings (SSSR count). The number of carbonyl (C=O) groups excluding carboxylic acids is 1. The lowest BCUT2D eigenvalue weighted by molar-refractivity contribution is -0.102. The van der Waals surface area contributed by atoms with Crippen LogP contribution < -0.4 is 10.3 Å². The zero-order valence-electron chi connectivity index (χ0n) is 14.7. The third-order valence-corrected chi connectivity index (χ3v) is 4.54. The highest BCUT2D eigenvalue weighted by Gasteiger charge is 2.30. The van der Waals surface area contributed by atoms with Crippen molar-refractivity contribution in [1.29, 1.82) is 0 Å². The fourth-order valence-corrected chi connectivity index (χ4v) is 3.03. The molecule has 1 aliphatic rings. The minimum Gasteiger partial charge on any atom is -0.388 e. The molecule has 0 saturated heterocycles. The number of anilines is 2. The Labute approximate surface area is 147 Å². The van der Waals surface area contributed by atoms with E-state index < -0.39 is 0 Å². The van der Waals surface area contributed by atoms with E-state index in [0.717, 1.165) is 23.1 Å². The molecule has 1 unspecified atom stereocenters. The number of hydrogen-bond donors (Lipinski definition) is 1. The number of halogens is 1. The second-order valence-corrected chi connectivity index (χ2v) is 6.51. The first-order valence-corrected chi connectivity index (χ1v) is 8.42. The minimum atomic E-state index is -0.320. The van der Waals surface area contributed by atoms with Gasteiger partial charge in [0.25, 0.3) is 0 Å². The average Bonchev–Trinajstić information content (AvgIpc) is 3.05. The Morgan fingerprint density at radius 3 is 2.52 bits per heavy atom. The standard InChI is InChI=1S/C20H22FN3O/c1-13(2)15-6-9-19(18(21)10-15)24-20(11-17(12-25)23-24)14-4-7-16(22-3)8-5-14/h4-10,12-13,20,22H,11H2,1-3H3. The van der Waals surface area contributed by atoms with Gasteiger partial charge in [0, 0.05) is 19.2 Å². The predicted molar refractivity (Wildman–Crippen MR) is 99.8 cm³/mol. The van der Waals surface area contributed by atoms with Crippen LogP contribution >= 0.6 is 0 Å². The molecule has 4 nitrogen and oxygen atoms in total. The molecule has 0 saturated carbocycles. The summed E-state index contributed by atoms with van der Waals surface area (Å²) in [5.41, 5.74) is 3.75. The fraction of sp³-hybridized carbons (Fsp3) is 0.300. The summed E-state index contributed by atoms with van der Waals surface area (Å²) < 4.78 is 14.7. The van der Waals surface area contributed by atoms with Gasteiger partial charge in [-0.25, -0.2) is 4.39 Å². The molecule has 5 heteroatoms. The highest BCUT2D eigenvalue weighted by molar-refractivity contribution is 6.29. The number of nitrogens with zero attached hydrogens (tertiary/aromatic N) is 2. The zero-order valence-corrected chi connectivity index (χ0v) is 14.7. The number of hydrogen-bond acceptors (Lipinski definition) is 4. The third-order valence-electron chi connectivity index (χ3n) is 4.54. The maximum absolute atomic E-state index is 14.7. The molecule has 1 atom stereocenters. The summed E-state index contributed by atoms with van der Waals surface area (Å²) in [6.45, 7) is 4.05. The van der Waals surface area contributed by atoms with Gasteiger partial charge in [0.1, 0.15) is 11.5 Å². The van der Waals surface area contributed by atoms with Crippen molar-refractivity contribution in [3.63, 3.8) is 0 Å². The second-order valence-electron chi connectivity index (χ2n) is 6.51. The highest BCUT2D eigenvalue weighted by atomic mass is 19.1. The van der Waals surface area contributed by atoms with Gasteiger partial charge in [-0.05, 0) is 41.3 Å². The van der Waals surface area contributed by atoms with E-state index in [4.69, 9.17) is 0 Å². The maximum atomic E-state index is 14.7. The van der Waals surface area contributed by atoms with Crippen molar-refractivity contribution in [2.75, 3.05) is 17.4 Å². The summed E-state index contributed by atoms with van der Waals surface area (Å²) in [6, 6.07) is 12.9. The van der Waals surface area contributed by atoms with E-state index in [1.807, 2.05) is 51.2 Å². The Balaban J connectivity index is 1.98. The van der Waals surface area contributed by atoms with Gasteiger partial charge in [0.05, 0.1) is 11.7 Å². The normalized spacial score (nSPS) is 16.9. The lowest BCUT2D eigenvalue weighted by Gasteiger charge is -2.25. The Bertz CT molecular complexity index is 799. The Kier molecular flexibility index (Phi) is 4.83. The lowest BCUT2D eigenvalue weighted by atomic mass is 10.00. The molecule has 0 aliphatic carbocycles. The van der Waals surface area contributed by atoms with Crippen LogP contribution in [0.1, 0.15) is 43.4 Å². The summed E-state index contributed by atoms with van der Waals surface area (Å²) in [6.07, 6.45) is 1.21. The van der Waals surface area contributed by atoms with Crippen molar-refractivity contribution >= 4 is 23.4 Å². The summed E-state index contributed by atoms with van der Waals surface area (Å²) in [5.74, 6) is -0.0694. The first-order chi connectivity index (χ1) is 12.0. The van der Waals surface area contributed by atoms with E-state index in [1.54, 1.807) is 17.1 Å². The van der Waals surface area contributed by atoms with Crippen LogP contribution in [0.15, 0.2) is 47.6 Å². The van der Waals surface area contributed by atoms with Crippen LogP contribution in [0.2, 0.25) is 0 Å². The largest absolute Gasteiger partial charge is 0.388 e. The van der Waals surface area contributed by atoms with E-state index in [-0.39, 0.29) is 17.8 Å². The average molecular weight is 339 g/mol. The molecule has 2 aromatic carbocycles. The molecular formula is C20H22FN3O. The number of rotatable bonds is 5. The van der Waals surface area contributed by atoms with Crippen LogP contribution in [0.25, 0.3) is 0 Å². The first kappa shape index (κ1) is 17.1. The van der Waals surface area contributed by atoms with Crippen LogP contribution in [0.5, 0.6) is 0 Å². The van der Waals surface area contributed by atoms with Crippen LogP contribution in [0.4, 0.5) is 15.8 Å². The summed E-state index contributed by atoms with van der Waals surface area (Å²) in [7, 11) is 1.86. The number of benzene rings is 2. The van der Waals surface area contributed by atoms with Gasteiger partial charge in [-0.2, -0.15) is 5.10 Å². The fourth-order valence-electron chi connectivity index (χ4n) is 3.03. The van der Waals surface area contributed by atoms with Crippen LogP contribution in [0.3, 0.4) is 0 Å². The monoisotopic (exact) mass is 339 g/mol. The van der Waals surface area contributed by atoms with E-state index in [1.165, 1.54) is 0 Å². The smallest absolute Gasteiger partial charge is 0.166 e. The van der Waals surface area contributed by atoms with E-state index in [2.05, 4.69) is 10.4 Å². The number of nitrogens with one attached hydrogen (secondary N) is 1. The molecule has 0 spiro atoms. The van der Waals surface area contributed by atoms with Gasteiger partial charge in [-0.15, -0.1) is 0 Å². The molecular weight excluding hydrogens is 317 g/mol. The molecule has 0 aromatic heterocycles. The van der Waals surface area contributed by atoms with Crippen molar-refractivity contribution in [3.05, 3.63) is 59.4 Å². The van der Waals surface area contributed by atoms with E-state index in [9.17, 15) is 9.18 Å². The predicted octanol–water partition coefficient (Wildman–Crippen LogP) is 4.50. The highest BCUT2D eigenvalue weighted by Crippen LogP contribution is 2.37. The molecule has 0 amide bonds. The van der Waals surface area contributed by atoms with Crippen molar-refractivity contribution in [2.24, 2.45) is 5.10 Å². The SMILES string of the molecule is CNc1ccc(C2CC(C=O)=NN2c2ccc(C(C)C)cc2F)cc1. The summed E-state index contributed by atoms with van der Waals surface area (Å²) in [5, 5.41) is 9.04. The van der Waals surface area contributed by atoms with Gasteiger partial charge in [-0.1, -0.05) is 32.0 Å². The third kappa shape index (κ3) is 3.40. The van der Waals surface area contributed by atoms with Crippen molar-refractivity contribution in [1.82, 2.24) is 0 Å². The number of hydrazone groups is 1. The maximum Gasteiger partial charge on any atom is 0.166 e. The van der Waals surface area contributed by atoms with Crippen molar-refractivity contribution < 1.29 is 9.18 Å². The van der Waals surface area contributed by atoms with Crippen molar-refractivity contribution in [2.45, 2.75) is 32.2 Å². The lowest BCUT2D eigenvalue weighted by Crippen LogP contribution is -2.19. The van der Waals surface area contributed by atoms with Crippen molar-refractivity contribution in [3.8, 4) is 0 Å². The molecule has 1 aliphatic heterocycles. The van der Waals surface area contributed by atoms with Gasteiger partial charge < -0.3 is 5.32 Å². The molecule has 1 heterocycles. The van der Waals surface area contributed by atoms with E-state index in [0.29, 0.717) is 17.8 Å². The Morgan fingerprint density at radius 1 is 1.24 bits per heavy atom. The Morgan fingerprint density at radius 2 is 1.96 bits per heavy atom. The number of carbonyl (C=O) groups is 1. The topological polar surface area (TPSA) is 44.7 Å². The molecule has 130 valence electrons. The zero-order chi connectivity index (χ0) is 18.0. The molecule has 25 heavy (non-hydrogen) atoms. The van der Waals surface area contributed by atoms with E-state index >= 15 is 0 Å². The minimum absolute atomic E-state index is 0.189. The number of aldehydes is 1. The Hall–Kier alpha value is -2.69. The molecule has 0 radical (unpaired) electrons. The molecule has 1 N–H and O–H groups in total. The summed E-state index contributed by atoms with van der Waals surface area (Å²) >= 11 is 0. The van der Waals surface area contributed by atoms with Crippen LogP contribution in [-0.4, -0.2) is 19.0 Å². The quantitative estimate of drug-likeness (QED) is 0.816. The van der Waals surface area contributed by atoms with Gasteiger partial charge >= 0.3 is 0 Å². The molecule has 2 aromatic rings. The molecule has 0 bridgehead atoms. The van der Waals surface area contributed by atoms with Crippen LogP contribution in [-0.2, 0) is 4.79 Å².